The first-order chi connectivity index (χ1) is 9.89. The van der Waals surface area contributed by atoms with Crippen molar-refractivity contribution in [3.8, 4) is 0 Å². The number of carbonyl (C=O) groups excluding carboxylic acids is 1. The molecule has 6 heteroatoms. The summed E-state index contributed by atoms with van der Waals surface area (Å²) in [6.45, 7) is 1.04. The zero-order valence-corrected chi connectivity index (χ0v) is 12.6. The summed E-state index contributed by atoms with van der Waals surface area (Å²) in [6.07, 6.45) is -0.672. The number of Topliss-reactive ketones (excluding diaryl/α,β-unsaturated/α-hetero) is 1. The second-order valence-corrected chi connectivity index (χ2v) is 6.04. The van der Waals surface area contributed by atoms with E-state index in [1.165, 1.54) is 0 Å². The predicted molar refractivity (Wildman–Crippen MR) is 76.5 cm³/mol. The number of carbonyl (C=O) groups is 1. The van der Waals surface area contributed by atoms with Gasteiger partial charge in [0.15, 0.2) is 5.78 Å². The van der Waals surface area contributed by atoms with Gasteiger partial charge in [-0.25, -0.2) is 0 Å². The van der Waals surface area contributed by atoms with Crippen LogP contribution in [0, 0.1) is 5.92 Å². The normalized spacial score (nSPS) is 24.1. The lowest BCUT2D eigenvalue weighted by Crippen LogP contribution is -2.64. The fourth-order valence-electron chi connectivity index (χ4n) is 3.24. The molecule has 0 saturated heterocycles. The van der Waals surface area contributed by atoms with Gasteiger partial charge < -0.3 is 25.5 Å². The number of rotatable bonds is 8. The highest BCUT2D eigenvalue weighted by Crippen LogP contribution is 2.38. The van der Waals surface area contributed by atoms with Crippen molar-refractivity contribution in [3.05, 3.63) is 0 Å². The highest BCUT2D eigenvalue weighted by molar-refractivity contribution is 5.84. The van der Waals surface area contributed by atoms with Crippen LogP contribution in [0.3, 0.4) is 0 Å². The monoisotopic (exact) mass is 304 g/mol. The molecule has 0 heterocycles. The summed E-state index contributed by atoms with van der Waals surface area (Å²) in [5.41, 5.74) is -2.12. The molecule has 0 aromatic carbocycles. The average molecular weight is 304 g/mol. The molecule has 0 aliphatic heterocycles. The van der Waals surface area contributed by atoms with Gasteiger partial charge in [0, 0.05) is 6.42 Å². The van der Waals surface area contributed by atoms with Crippen molar-refractivity contribution in [1.82, 2.24) is 0 Å². The van der Waals surface area contributed by atoms with Crippen LogP contribution in [-0.4, -0.2) is 61.8 Å². The minimum atomic E-state index is -2.12. The van der Waals surface area contributed by atoms with E-state index in [0.29, 0.717) is 19.3 Å². The molecule has 4 atom stereocenters. The molecule has 0 radical (unpaired) electrons. The van der Waals surface area contributed by atoms with Crippen LogP contribution in [0.15, 0.2) is 0 Å². The number of aliphatic hydroxyl groups excluding tert-OH is 4. The van der Waals surface area contributed by atoms with Gasteiger partial charge in [-0.1, -0.05) is 26.2 Å². The lowest BCUT2D eigenvalue weighted by atomic mass is 9.69. The molecule has 0 amide bonds. The van der Waals surface area contributed by atoms with Gasteiger partial charge in [0.2, 0.25) is 0 Å². The van der Waals surface area contributed by atoms with Crippen LogP contribution in [0.4, 0.5) is 0 Å². The van der Waals surface area contributed by atoms with Crippen LogP contribution in [0.2, 0.25) is 0 Å². The molecule has 0 aromatic heterocycles. The summed E-state index contributed by atoms with van der Waals surface area (Å²) in [5, 5.41) is 50.0. The first-order valence-electron chi connectivity index (χ1n) is 7.79. The van der Waals surface area contributed by atoms with Crippen LogP contribution in [0.1, 0.15) is 51.9 Å². The second-order valence-electron chi connectivity index (χ2n) is 6.04. The van der Waals surface area contributed by atoms with Crippen LogP contribution in [0.5, 0.6) is 0 Å². The fourth-order valence-corrected chi connectivity index (χ4v) is 3.24. The topological polar surface area (TPSA) is 118 Å². The van der Waals surface area contributed by atoms with Gasteiger partial charge >= 0.3 is 0 Å². The van der Waals surface area contributed by atoms with Crippen LogP contribution in [-0.2, 0) is 4.79 Å². The molecule has 1 aliphatic carbocycles. The Hall–Kier alpha value is -0.530. The molecule has 124 valence electrons. The smallest absolute Gasteiger partial charge is 0.164 e. The molecular formula is C15H28O6. The van der Waals surface area contributed by atoms with Gasteiger partial charge in [-0.2, -0.15) is 0 Å². The van der Waals surface area contributed by atoms with Crippen LogP contribution in [0.25, 0.3) is 0 Å². The highest BCUT2D eigenvalue weighted by Gasteiger charge is 2.53. The Balaban J connectivity index is 3.04. The molecule has 21 heavy (non-hydrogen) atoms. The Bertz CT molecular complexity index is 324. The van der Waals surface area contributed by atoms with E-state index in [1.54, 1.807) is 6.92 Å². The van der Waals surface area contributed by atoms with Gasteiger partial charge in [-0.3, -0.25) is 4.79 Å². The van der Waals surface area contributed by atoms with Gasteiger partial charge in [0.25, 0.3) is 0 Å². The zero-order valence-electron chi connectivity index (χ0n) is 12.6. The molecule has 1 fully saturated rings. The Morgan fingerprint density at radius 2 is 1.76 bits per heavy atom. The Kier molecular flexibility index (Phi) is 7.23. The van der Waals surface area contributed by atoms with E-state index in [2.05, 4.69) is 0 Å². The van der Waals surface area contributed by atoms with Crippen molar-refractivity contribution in [2.45, 2.75) is 75.8 Å². The van der Waals surface area contributed by atoms with Gasteiger partial charge in [0.1, 0.15) is 23.9 Å². The third kappa shape index (κ3) is 4.02. The molecule has 0 unspecified atom stereocenters. The molecule has 0 bridgehead atoms. The van der Waals surface area contributed by atoms with E-state index in [-0.39, 0.29) is 6.42 Å². The number of ketones is 1. The highest BCUT2D eigenvalue weighted by atomic mass is 16.4. The van der Waals surface area contributed by atoms with E-state index in [1.807, 2.05) is 0 Å². The summed E-state index contributed by atoms with van der Waals surface area (Å²) in [6, 6.07) is 0. The molecule has 6 nitrogen and oxygen atoms in total. The third-order valence-electron chi connectivity index (χ3n) is 4.52. The SMILES string of the molecule is CCCC(=O)[C@H](O)[C@](O)(C1CCCCC1)[C@H](O)[C@H](O)CO. The lowest BCUT2D eigenvalue weighted by molar-refractivity contribution is -0.212. The summed E-state index contributed by atoms with van der Waals surface area (Å²) in [7, 11) is 0. The maximum atomic E-state index is 12.0. The largest absolute Gasteiger partial charge is 0.394 e. The summed E-state index contributed by atoms with van der Waals surface area (Å²) in [4.78, 5) is 12.0. The first kappa shape index (κ1) is 18.5. The lowest BCUT2D eigenvalue weighted by Gasteiger charge is -2.45. The van der Waals surface area contributed by atoms with Gasteiger partial charge in [-0.05, 0) is 25.2 Å². The number of aliphatic hydroxyl groups is 5. The molecule has 0 spiro atoms. The summed E-state index contributed by atoms with van der Waals surface area (Å²) >= 11 is 0. The molecule has 1 aliphatic rings. The summed E-state index contributed by atoms with van der Waals surface area (Å²) in [5.74, 6) is -1.02. The van der Waals surface area contributed by atoms with E-state index in [4.69, 9.17) is 5.11 Å². The fraction of sp³-hybridized carbons (Fsp3) is 0.933. The van der Waals surface area contributed by atoms with Crippen molar-refractivity contribution in [2.24, 2.45) is 5.92 Å². The van der Waals surface area contributed by atoms with Crippen LogP contribution < -0.4 is 0 Å². The Labute approximate surface area is 125 Å². The van der Waals surface area contributed by atoms with E-state index < -0.39 is 42.2 Å². The van der Waals surface area contributed by atoms with E-state index in [9.17, 15) is 25.2 Å². The summed E-state index contributed by atoms with van der Waals surface area (Å²) < 4.78 is 0. The van der Waals surface area contributed by atoms with Crippen molar-refractivity contribution in [1.29, 1.82) is 0 Å². The van der Waals surface area contributed by atoms with Gasteiger partial charge in [-0.15, -0.1) is 0 Å². The van der Waals surface area contributed by atoms with Crippen molar-refractivity contribution in [2.75, 3.05) is 6.61 Å². The maximum absolute atomic E-state index is 12.0. The number of hydrogen-bond acceptors (Lipinski definition) is 6. The Morgan fingerprint density at radius 1 is 1.19 bits per heavy atom. The van der Waals surface area contributed by atoms with Crippen LogP contribution >= 0.6 is 0 Å². The third-order valence-corrected chi connectivity index (χ3v) is 4.52. The average Bonchev–Trinajstić information content (AvgIpc) is 2.52. The molecule has 1 saturated carbocycles. The van der Waals surface area contributed by atoms with Crippen molar-refractivity contribution < 1.29 is 30.3 Å². The first-order valence-corrected chi connectivity index (χ1v) is 7.79. The standard InChI is InChI=1S/C15H28O6/c1-2-6-11(17)13(19)15(21,14(20)12(18)9-16)10-7-4-3-5-8-10/h10,12-14,16,18-21H,2-9H2,1H3/t12-,13+,14-,15-/m1/s1. The van der Waals surface area contributed by atoms with Gasteiger partial charge in [0.05, 0.1) is 6.61 Å². The molecular weight excluding hydrogens is 276 g/mol. The zero-order chi connectivity index (χ0) is 16.0. The second kappa shape index (κ2) is 8.19. The Morgan fingerprint density at radius 3 is 2.24 bits per heavy atom. The molecule has 5 N–H and O–H groups in total. The number of hydrogen-bond donors (Lipinski definition) is 5. The minimum Gasteiger partial charge on any atom is -0.394 e. The van der Waals surface area contributed by atoms with E-state index in [0.717, 1.165) is 19.3 Å². The maximum Gasteiger partial charge on any atom is 0.164 e. The molecule has 1 rings (SSSR count). The van der Waals surface area contributed by atoms with E-state index >= 15 is 0 Å². The van der Waals surface area contributed by atoms with Crippen molar-refractivity contribution >= 4 is 5.78 Å². The van der Waals surface area contributed by atoms with Crippen molar-refractivity contribution in [3.63, 3.8) is 0 Å². The predicted octanol–water partition coefficient (Wildman–Crippen LogP) is -0.258. The molecule has 0 aromatic rings. The minimum absolute atomic E-state index is 0.0954. The quantitative estimate of drug-likeness (QED) is 0.422.